The van der Waals surface area contributed by atoms with Crippen molar-refractivity contribution in [2.24, 2.45) is 0 Å². The molecule has 16 heavy (non-hydrogen) atoms. The summed E-state index contributed by atoms with van der Waals surface area (Å²) in [5.74, 6) is 0.128. The topological polar surface area (TPSA) is 46.3 Å². The van der Waals surface area contributed by atoms with Gasteiger partial charge in [-0.3, -0.25) is 4.79 Å². The van der Waals surface area contributed by atoms with Gasteiger partial charge in [-0.25, -0.2) is 0 Å². The lowest BCUT2D eigenvalue weighted by Crippen LogP contribution is -2.33. The van der Waals surface area contributed by atoms with Crippen LogP contribution in [-0.4, -0.2) is 23.4 Å². The van der Waals surface area contributed by atoms with Crippen molar-refractivity contribution >= 4 is 22.9 Å². The van der Waals surface area contributed by atoms with Crippen LogP contribution in [0.4, 0.5) is 5.69 Å². The first-order valence-electron chi connectivity index (χ1n) is 5.88. The molecule has 0 saturated heterocycles. The Morgan fingerprint density at radius 1 is 1.62 bits per heavy atom. The van der Waals surface area contributed by atoms with Crippen LogP contribution in [0, 0.1) is 0 Å². The highest BCUT2D eigenvalue weighted by molar-refractivity contribution is 7.12. The number of carbonyl (C=O) groups is 1. The number of nitrogen functional groups attached to an aromatic ring is 1. The fourth-order valence-corrected chi connectivity index (χ4v) is 2.56. The molecule has 1 aromatic rings. The number of anilines is 1. The fraction of sp³-hybridized carbons (Fsp3) is 0.583. The van der Waals surface area contributed by atoms with E-state index in [1.807, 2.05) is 16.3 Å². The molecule has 1 fully saturated rings. The minimum atomic E-state index is 0.128. The zero-order chi connectivity index (χ0) is 11.5. The molecule has 0 spiro atoms. The van der Waals surface area contributed by atoms with Gasteiger partial charge in [0.15, 0.2) is 0 Å². The number of rotatable bonds is 5. The maximum atomic E-state index is 12.3. The van der Waals surface area contributed by atoms with E-state index in [-0.39, 0.29) is 5.91 Å². The number of hydrogen-bond donors (Lipinski definition) is 1. The lowest BCUT2D eigenvalue weighted by Gasteiger charge is -2.21. The SMILES string of the molecule is CCCCN(C(=O)c1sccc1N)C1CC1. The summed E-state index contributed by atoms with van der Waals surface area (Å²) in [7, 11) is 0. The van der Waals surface area contributed by atoms with Crippen LogP contribution in [0.1, 0.15) is 42.3 Å². The zero-order valence-electron chi connectivity index (χ0n) is 9.61. The number of unbranched alkanes of at least 4 members (excludes halogenated alkanes) is 1. The normalized spacial score (nSPS) is 15.1. The Kier molecular flexibility index (Phi) is 3.49. The Morgan fingerprint density at radius 3 is 2.88 bits per heavy atom. The van der Waals surface area contributed by atoms with E-state index in [1.165, 1.54) is 11.3 Å². The van der Waals surface area contributed by atoms with Crippen molar-refractivity contribution in [3.8, 4) is 0 Å². The van der Waals surface area contributed by atoms with Crippen LogP contribution in [0.3, 0.4) is 0 Å². The van der Waals surface area contributed by atoms with E-state index < -0.39 is 0 Å². The Hall–Kier alpha value is -1.03. The van der Waals surface area contributed by atoms with Gasteiger partial charge >= 0.3 is 0 Å². The molecule has 1 aliphatic rings. The smallest absolute Gasteiger partial charge is 0.266 e. The Labute approximate surface area is 100 Å². The molecular weight excluding hydrogens is 220 g/mol. The van der Waals surface area contributed by atoms with E-state index in [0.29, 0.717) is 16.6 Å². The molecule has 4 heteroatoms. The van der Waals surface area contributed by atoms with Crippen LogP contribution >= 0.6 is 11.3 Å². The lowest BCUT2D eigenvalue weighted by molar-refractivity contribution is 0.0746. The zero-order valence-corrected chi connectivity index (χ0v) is 10.4. The van der Waals surface area contributed by atoms with Crippen LogP contribution in [0.25, 0.3) is 0 Å². The highest BCUT2D eigenvalue weighted by Gasteiger charge is 2.33. The van der Waals surface area contributed by atoms with Gasteiger partial charge in [-0.05, 0) is 30.7 Å². The van der Waals surface area contributed by atoms with Gasteiger partial charge in [0.25, 0.3) is 5.91 Å². The third-order valence-corrected chi connectivity index (χ3v) is 3.81. The van der Waals surface area contributed by atoms with Gasteiger partial charge < -0.3 is 10.6 Å². The number of hydrogen-bond acceptors (Lipinski definition) is 3. The molecule has 1 saturated carbocycles. The molecule has 1 aliphatic carbocycles. The molecule has 1 aromatic heterocycles. The molecule has 0 aromatic carbocycles. The second kappa shape index (κ2) is 4.87. The molecule has 0 bridgehead atoms. The van der Waals surface area contributed by atoms with Crippen molar-refractivity contribution in [1.82, 2.24) is 4.90 Å². The van der Waals surface area contributed by atoms with Gasteiger partial charge in [-0.1, -0.05) is 13.3 Å². The molecule has 88 valence electrons. The molecule has 0 atom stereocenters. The molecule has 0 unspecified atom stereocenters. The van der Waals surface area contributed by atoms with E-state index in [9.17, 15) is 4.79 Å². The van der Waals surface area contributed by atoms with Crippen molar-refractivity contribution in [2.75, 3.05) is 12.3 Å². The second-order valence-electron chi connectivity index (χ2n) is 4.29. The van der Waals surface area contributed by atoms with Crippen LogP contribution in [0.2, 0.25) is 0 Å². The fourth-order valence-electron chi connectivity index (χ4n) is 1.79. The predicted molar refractivity (Wildman–Crippen MR) is 67.7 cm³/mol. The largest absolute Gasteiger partial charge is 0.397 e. The molecule has 1 heterocycles. The summed E-state index contributed by atoms with van der Waals surface area (Å²) in [5, 5.41) is 1.88. The van der Waals surface area contributed by atoms with E-state index in [2.05, 4.69) is 6.92 Å². The first-order chi connectivity index (χ1) is 7.74. The number of thiophene rings is 1. The van der Waals surface area contributed by atoms with Gasteiger partial charge in [-0.15, -0.1) is 11.3 Å². The van der Waals surface area contributed by atoms with Gasteiger partial charge in [0.1, 0.15) is 4.88 Å². The first-order valence-corrected chi connectivity index (χ1v) is 6.76. The average Bonchev–Trinajstić information content (AvgIpc) is 3.01. The average molecular weight is 238 g/mol. The van der Waals surface area contributed by atoms with Crippen molar-refractivity contribution in [2.45, 2.75) is 38.6 Å². The predicted octanol–water partition coefficient (Wildman–Crippen LogP) is 2.74. The van der Waals surface area contributed by atoms with E-state index in [1.54, 1.807) is 0 Å². The summed E-state index contributed by atoms with van der Waals surface area (Å²) >= 11 is 1.45. The number of amides is 1. The molecule has 0 radical (unpaired) electrons. The third-order valence-electron chi connectivity index (χ3n) is 2.89. The Bertz CT molecular complexity index is 371. The van der Waals surface area contributed by atoms with E-state index in [4.69, 9.17) is 5.73 Å². The lowest BCUT2D eigenvalue weighted by atomic mass is 10.2. The van der Waals surface area contributed by atoms with E-state index >= 15 is 0 Å². The summed E-state index contributed by atoms with van der Waals surface area (Å²) in [6.45, 7) is 3.02. The third kappa shape index (κ3) is 2.38. The Balaban J connectivity index is 2.08. The van der Waals surface area contributed by atoms with Crippen molar-refractivity contribution in [3.63, 3.8) is 0 Å². The molecular formula is C12H18N2OS. The molecule has 1 amide bonds. The quantitative estimate of drug-likeness (QED) is 0.857. The number of nitrogens with two attached hydrogens (primary N) is 1. The molecule has 2 N–H and O–H groups in total. The maximum absolute atomic E-state index is 12.3. The van der Waals surface area contributed by atoms with Gasteiger partial charge in [0.05, 0.1) is 5.69 Å². The summed E-state index contributed by atoms with van der Waals surface area (Å²) in [6.07, 6.45) is 4.51. The number of carbonyl (C=O) groups excluding carboxylic acids is 1. The molecule has 2 rings (SSSR count). The highest BCUT2D eigenvalue weighted by Crippen LogP contribution is 2.31. The summed E-state index contributed by atoms with van der Waals surface area (Å²) < 4.78 is 0. The molecule has 0 aliphatic heterocycles. The van der Waals surface area contributed by atoms with Crippen molar-refractivity contribution in [3.05, 3.63) is 16.3 Å². The standard InChI is InChI=1S/C12H18N2OS/c1-2-3-7-14(9-4-5-9)12(15)11-10(13)6-8-16-11/h6,8-9H,2-5,7,13H2,1H3. The first kappa shape index (κ1) is 11.5. The molecule has 3 nitrogen and oxygen atoms in total. The number of nitrogens with zero attached hydrogens (tertiary/aromatic N) is 1. The van der Waals surface area contributed by atoms with Crippen molar-refractivity contribution in [1.29, 1.82) is 0 Å². The van der Waals surface area contributed by atoms with Crippen LogP contribution < -0.4 is 5.73 Å². The summed E-state index contributed by atoms with van der Waals surface area (Å²) in [5.41, 5.74) is 6.41. The summed E-state index contributed by atoms with van der Waals surface area (Å²) in [4.78, 5) is 15.0. The van der Waals surface area contributed by atoms with Gasteiger partial charge in [0.2, 0.25) is 0 Å². The van der Waals surface area contributed by atoms with E-state index in [0.717, 1.165) is 32.2 Å². The van der Waals surface area contributed by atoms with Crippen LogP contribution in [0.5, 0.6) is 0 Å². The highest BCUT2D eigenvalue weighted by atomic mass is 32.1. The van der Waals surface area contributed by atoms with Crippen LogP contribution in [-0.2, 0) is 0 Å². The maximum Gasteiger partial charge on any atom is 0.266 e. The van der Waals surface area contributed by atoms with Gasteiger partial charge in [-0.2, -0.15) is 0 Å². The minimum absolute atomic E-state index is 0.128. The Morgan fingerprint density at radius 2 is 2.38 bits per heavy atom. The summed E-state index contributed by atoms with van der Waals surface area (Å²) in [6, 6.07) is 2.28. The second-order valence-corrected chi connectivity index (χ2v) is 5.20. The minimum Gasteiger partial charge on any atom is -0.397 e. The van der Waals surface area contributed by atoms with Crippen LogP contribution in [0.15, 0.2) is 11.4 Å². The van der Waals surface area contributed by atoms with Crippen molar-refractivity contribution < 1.29 is 4.79 Å². The van der Waals surface area contributed by atoms with Gasteiger partial charge in [0, 0.05) is 12.6 Å². The monoisotopic (exact) mass is 238 g/mol.